The molecule has 3 rings (SSSR count). The van der Waals surface area contributed by atoms with Gasteiger partial charge in [-0.3, -0.25) is 4.79 Å². The molecule has 2 N–H and O–H groups in total. The highest BCUT2D eigenvalue weighted by Crippen LogP contribution is 2.35. The first-order valence-corrected chi connectivity index (χ1v) is 8.89. The molecule has 1 aliphatic rings. The fourth-order valence-corrected chi connectivity index (χ4v) is 3.12. The first kappa shape index (κ1) is 19.2. The van der Waals surface area contributed by atoms with Gasteiger partial charge in [-0.25, -0.2) is 0 Å². The van der Waals surface area contributed by atoms with E-state index >= 15 is 0 Å². The lowest BCUT2D eigenvalue weighted by Crippen LogP contribution is -3.12. The summed E-state index contributed by atoms with van der Waals surface area (Å²) in [4.78, 5) is 16.0. The number of nitrogens with one attached hydrogen (secondary N) is 2. The number of rotatable bonds is 3. The highest BCUT2D eigenvalue weighted by Gasteiger charge is 2.32. The molecule has 7 heteroatoms. The van der Waals surface area contributed by atoms with Crippen molar-refractivity contribution in [1.29, 1.82) is 0 Å². The van der Waals surface area contributed by atoms with Crippen LogP contribution in [0, 0.1) is 6.92 Å². The van der Waals surface area contributed by atoms with Gasteiger partial charge < -0.3 is 15.1 Å². The Morgan fingerprint density at radius 3 is 2.30 bits per heavy atom. The van der Waals surface area contributed by atoms with E-state index in [0.717, 1.165) is 43.9 Å². The highest BCUT2D eigenvalue weighted by atomic mass is 19.4. The van der Waals surface area contributed by atoms with E-state index in [0.29, 0.717) is 11.3 Å². The van der Waals surface area contributed by atoms with E-state index in [9.17, 15) is 18.0 Å². The second kappa shape index (κ2) is 7.60. The summed E-state index contributed by atoms with van der Waals surface area (Å²) in [5.41, 5.74) is 1.45. The molecule has 0 atom stereocenters. The highest BCUT2D eigenvalue weighted by molar-refractivity contribution is 6.06. The van der Waals surface area contributed by atoms with Crippen LogP contribution in [-0.4, -0.2) is 39.1 Å². The van der Waals surface area contributed by atoms with Crippen molar-refractivity contribution in [3.8, 4) is 0 Å². The average molecular weight is 378 g/mol. The second-order valence-electron chi connectivity index (χ2n) is 6.99. The van der Waals surface area contributed by atoms with Gasteiger partial charge in [-0.2, -0.15) is 13.2 Å². The van der Waals surface area contributed by atoms with Crippen molar-refractivity contribution in [2.24, 2.45) is 0 Å². The number of alkyl halides is 3. The first-order valence-electron chi connectivity index (χ1n) is 8.89. The topological polar surface area (TPSA) is 36.8 Å². The number of hydrogen-bond donors (Lipinski definition) is 2. The summed E-state index contributed by atoms with van der Waals surface area (Å²) in [6, 6.07) is 10.5. The Balaban J connectivity index is 1.92. The molecule has 1 heterocycles. The Morgan fingerprint density at radius 2 is 1.70 bits per heavy atom. The van der Waals surface area contributed by atoms with E-state index < -0.39 is 17.6 Å². The van der Waals surface area contributed by atoms with Crippen LogP contribution in [0.25, 0.3) is 0 Å². The first-order chi connectivity index (χ1) is 12.7. The molecule has 1 saturated heterocycles. The van der Waals surface area contributed by atoms with Gasteiger partial charge in [0.05, 0.1) is 50.2 Å². The average Bonchev–Trinajstić information content (AvgIpc) is 2.62. The molecule has 2 aromatic carbocycles. The Bertz CT molecular complexity index is 810. The molecule has 1 aliphatic heterocycles. The van der Waals surface area contributed by atoms with Crippen LogP contribution in [0.15, 0.2) is 42.5 Å². The molecule has 1 amide bonds. The lowest BCUT2D eigenvalue weighted by Gasteiger charge is -2.33. The van der Waals surface area contributed by atoms with E-state index in [2.05, 4.69) is 12.4 Å². The summed E-state index contributed by atoms with van der Waals surface area (Å²) >= 11 is 0. The van der Waals surface area contributed by atoms with Crippen LogP contribution in [0.4, 0.5) is 24.5 Å². The van der Waals surface area contributed by atoms with Gasteiger partial charge in [0, 0.05) is 5.56 Å². The molecule has 0 radical (unpaired) electrons. The van der Waals surface area contributed by atoms with E-state index in [1.807, 2.05) is 11.8 Å². The smallest absolute Gasteiger partial charge is 0.359 e. The van der Waals surface area contributed by atoms with Crippen molar-refractivity contribution in [2.45, 2.75) is 13.1 Å². The van der Waals surface area contributed by atoms with Gasteiger partial charge in [0.15, 0.2) is 0 Å². The summed E-state index contributed by atoms with van der Waals surface area (Å²) < 4.78 is 39.5. The molecule has 0 spiro atoms. The minimum Gasteiger partial charge on any atom is -0.359 e. The summed E-state index contributed by atoms with van der Waals surface area (Å²) in [7, 11) is 2.09. The van der Waals surface area contributed by atoms with Crippen molar-refractivity contribution in [3.05, 3.63) is 59.2 Å². The van der Waals surface area contributed by atoms with E-state index in [4.69, 9.17) is 0 Å². The number of anilines is 2. The summed E-state index contributed by atoms with van der Waals surface area (Å²) in [6.07, 6.45) is -4.46. The van der Waals surface area contributed by atoms with E-state index in [1.165, 1.54) is 11.0 Å². The van der Waals surface area contributed by atoms with Crippen LogP contribution in [0.1, 0.15) is 21.5 Å². The predicted molar refractivity (Wildman–Crippen MR) is 99.4 cm³/mol. The van der Waals surface area contributed by atoms with Gasteiger partial charge >= 0.3 is 6.18 Å². The third kappa shape index (κ3) is 4.60. The number of carbonyl (C=O) groups excluding carboxylic acids is 1. The van der Waals surface area contributed by atoms with Crippen LogP contribution in [0.3, 0.4) is 0 Å². The third-order valence-electron chi connectivity index (χ3n) is 4.84. The Kier molecular flexibility index (Phi) is 5.41. The molecule has 0 bridgehead atoms. The Hall–Kier alpha value is -2.54. The molecule has 2 aromatic rings. The van der Waals surface area contributed by atoms with Gasteiger partial charge in [0.25, 0.3) is 5.91 Å². The minimum absolute atomic E-state index is 0.190. The third-order valence-corrected chi connectivity index (χ3v) is 4.84. The van der Waals surface area contributed by atoms with Crippen molar-refractivity contribution >= 4 is 17.3 Å². The summed E-state index contributed by atoms with van der Waals surface area (Å²) in [5.74, 6) is -0.421. The van der Waals surface area contributed by atoms with E-state index in [-0.39, 0.29) is 5.69 Å². The summed E-state index contributed by atoms with van der Waals surface area (Å²) in [5, 5.41) is 2.68. The molecule has 4 nitrogen and oxygen atoms in total. The maximum Gasteiger partial charge on any atom is 0.416 e. The lowest BCUT2D eigenvalue weighted by molar-refractivity contribution is -0.880. The fourth-order valence-electron chi connectivity index (χ4n) is 3.12. The molecule has 0 unspecified atom stereocenters. The van der Waals surface area contributed by atoms with Gasteiger partial charge in [-0.1, -0.05) is 17.7 Å². The van der Waals surface area contributed by atoms with Crippen molar-refractivity contribution < 1.29 is 22.9 Å². The molecular weight excluding hydrogens is 355 g/mol. The van der Waals surface area contributed by atoms with Gasteiger partial charge in [0.2, 0.25) is 0 Å². The summed E-state index contributed by atoms with van der Waals surface area (Å²) in [6.45, 7) is 5.15. The number of benzene rings is 2. The van der Waals surface area contributed by atoms with Crippen LogP contribution < -0.4 is 15.1 Å². The van der Waals surface area contributed by atoms with Gasteiger partial charge in [-0.15, -0.1) is 0 Å². The number of carbonyl (C=O) groups is 1. The maximum atomic E-state index is 13.2. The second-order valence-corrected chi connectivity index (χ2v) is 6.99. The zero-order valence-electron chi connectivity index (χ0n) is 15.4. The van der Waals surface area contributed by atoms with Gasteiger partial charge in [0.1, 0.15) is 0 Å². The zero-order valence-corrected chi connectivity index (χ0v) is 15.4. The zero-order chi connectivity index (χ0) is 19.6. The fraction of sp³-hybridized carbons (Fsp3) is 0.350. The predicted octanol–water partition coefficient (Wildman–Crippen LogP) is 2.60. The largest absolute Gasteiger partial charge is 0.416 e. The Morgan fingerprint density at radius 1 is 1.07 bits per heavy atom. The number of quaternary nitrogens is 1. The minimum atomic E-state index is -4.46. The van der Waals surface area contributed by atoms with E-state index in [1.54, 1.807) is 24.3 Å². The molecule has 0 saturated carbocycles. The molecule has 0 aromatic heterocycles. The number of hydrogen-bond acceptors (Lipinski definition) is 2. The standard InChI is InChI=1S/C20H22F3N3O/c1-14-3-5-15(6-4-14)19(27)24-17-13-16(20(21,22)23)7-8-18(17)26-11-9-25(2)10-12-26/h3-8,13H,9-12H2,1-2H3,(H,24,27)/p+1. The molecule has 27 heavy (non-hydrogen) atoms. The molecule has 0 aliphatic carbocycles. The van der Waals surface area contributed by atoms with Crippen LogP contribution in [-0.2, 0) is 6.18 Å². The van der Waals surface area contributed by atoms with Crippen LogP contribution >= 0.6 is 0 Å². The number of nitrogens with zero attached hydrogens (tertiary/aromatic N) is 1. The SMILES string of the molecule is Cc1ccc(C(=O)Nc2cc(C(F)(F)F)ccc2N2CC[NH+](C)CC2)cc1. The lowest BCUT2D eigenvalue weighted by atomic mass is 10.1. The normalized spacial score (nSPS) is 15.7. The molecule has 144 valence electrons. The van der Waals surface area contributed by atoms with Crippen LogP contribution in [0.2, 0.25) is 0 Å². The van der Waals surface area contributed by atoms with Crippen molar-refractivity contribution in [2.75, 3.05) is 43.4 Å². The van der Waals surface area contributed by atoms with Crippen molar-refractivity contribution in [1.82, 2.24) is 0 Å². The number of aryl methyl sites for hydroxylation is 1. The monoisotopic (exact) mass is 378 g/mol. The quantitative estimate of drug-likeness (QED) is 0.862. The maximum absolute atomic E-state index is 13.2. The van der Waals surface area contributed by atoms with Gasteiger partial charge in [-0.05, 0) is 37.3 Å². The number of likely N-dealkylation sites (N-methyl/N-ethyl adjacent to an activating group) is 1. The molecular formula is C20H23F3N3O+. The Labute approximate surface area is 156 Å². The molecule has 1 fully saturated rings. The van der Waals surface area contributed by atoms with Crippen molar-refractivity contribution in [3.63, 3.8) is 0 Å². The number of halogens is 3. The van der Waals surface area contributed by atoms with Crippen LogP contribution in [0.5, 0.6) is 0 Å². The number of piperazine rings is 1. The number of amides is 1.